The normalized spacial score (nSPS) is 25.7. The second-order valence-electron chi connectivity index (χ2n) is 6.63. The van der Waals surface area contributed by atoms with Crippen molar-refractivity contribution in [1.29, 1.82) is 0 Å². The number of hydrogen-bond donors (Lipinski definition) is 1. The van der Waals surface area contributed by atoms with Gasteiger partial charge in [-0.15, -0.1) is 11.8 Å². The summed E-state index contributed by atoms with van der Waals surface area (Å²) in [6, 6.07) is 5.67. The summed E-state index contributed by atoms with van der Waals surface area (Å²) in [5.41, 5.74) is 2.18. The first-order valence-electron chi connectivity index (χ1n) is 8.35. The summed E-state index contributed by atoms with van der Waals surface area (Å²) in [6.07, 6.45) is 1.37. The smallest absolute Gasteiger partial charge is 0.243 e. The molecule has 0 bridgehead atoms. The molecule has 1 aromatic carbocycles. The molecule has 2 saturated heterocycles. The predicted octanol–water partition coefficient (Wildman–Crippen LogP) is 2.25. The van der Waals surface area contributed by atoms with Crippen molar-refractivity contribution in [2.24, 2.45) is 0 Å². The number of benzene rings is 1. The zero-order valence-corrected chi connectivity index (χ0v) is 15.2. The van der Waals surface area contributed by atoms with Crippen molar-refractivity contribution in [3.05, 3.63) is 29.3 Å². The van der Waals surface area contributed by atoms with E-state index in [1.54, 1.807) is 16.7 Å². The summed E-state index contributed by atoms with van der Waals surface area (Å²) in [4.78, 5) is 26.1. The molecule has 130 valence electrons. The number of hydrogen-bond acceptors (Lipinski definition) is 4. The van der Waals surface area contributed by atoms with Gasteiger partial charge in [0.25, 0.3) is 0 Å². The summed E-state index contributed by atoms with van der Waals surface area (Å²) in [5.74, 6) is 1.57. The lowest BCUT2D eigenvalue weighted by atomic mass is 10.1. The van der Waals surface area contributed by atoms with Gasteiger partial charge in [-0.05, 0) is 38.3 Å². The van der Waals surface area contributed by atoms with E-state index in [4.69, 9.17) is 4.74 Å². The third-order valence-corrected chi connectivity index (χ3v) is 6.31. The highest BCUT2D eigenvalue weighted by Crippen LogP contribution is 2.47. The maximum Gasteiger partial charge on any atom is 0.243 e. The molecule has 0 saturated carbocycles. The number of nitrogens with zero attached hydrogens (tertiary/aromatic N) is 1. The minimum absolute atomic E-state index is 0.0772. The second kappa shape index (κ2) is 6.67. The lowest BCUT2D eigenvalue weighted by Gasteiger charge is -2.29. The van der Waals surface area contributed by atoms with Crippen molar-refractivity contribution >= 4 is 23.6 Å². The van der Waals surface area contributed by atoms with E-state index < -0.39 is 0 Å². The zero-order chi connectivity index (χ0) is 17.3. The average Bonchev–Trinajstić information content (AvgIpc) is 3.03. The predicted molar refractivity (Wildman–Crippen MR) is 95.2 cm³/mol. The van der Waals surface area contributed by atoms with E-state index in [2.05, 4.69) is 12.2 Å². The first-order valence-corrected chi connectivity index (χ1v) is 9.34. The summed E-state index contributed by atoms with van der Waals surface area (Å²) < 4.78 is 5.81. The van der Waals surface area contributed by atoms with E-state index in [0.717, 1.165) is 23.3 Å². The van der Waals surface area contributed by atoms with Gasteiger partial charge in [-0.1, -0.05) is 18.2 Å². The lowest BCUT2D eigenvalue weighted by Crippen LogP contribution is -2.50. The number of thioether (sulfide) groups is 1. The summed E-state index contributed by atoms with van der Waals surface area (Å²) in [5, 5.41) is 2.91. The minimum atomic E-state index is -0.352. The lowest BCUT2D eigenvalue weighted by molar-refractivity contribution is -0.137. The second-order valence-corrected chi connectivity index (χ2v) is 8.13. The van der Waals surface area contributed by atoms with Gasteiger partial charge >= 0.3 is 0 Å². The molecule has 0 aromatic heterocycles. The van der Waals surface area contributed by atoms with Crippen molar-refractivity contribution in [2.75, 3.05) is 18.9 Å². The molecule has 6 heteroatoms. The van der Waals surface area contributed by atoms with Crippen LogP contribution in [-0.4, -0.2) is 46.5 Å². The third-order valence-electron chi connectivity index (χ3n) is 4.80. The first-order chi connectivity index (χ1) is 11.4. The fourth-order valence-corrected chi connectivity index (χ4v) is 4.92. The van der Waals surface area contributed by atoms with Gasteiger partial charge in [-0.3, -0.25) is 9.59 Å². The van der Waals surface area contributed by atoms with Crippen LogP contribution >= 0.6 is 11.8 Å². The van der Waals surface area contributed by atoms with Crippen LogP contribution in [0.2, 0.25) is 0 Å². The van der Waals surface area contributed by atoms with Crippen LogP contribution in [0.1, 0.15) is 30.9 Å². The Balaban J connectivity index is 1.51. The largest absolute Gasteiger partial charge is 0.491 e. The number of rotatable bonds is 5. The average molecular weight is 348 g/mol. The highest BCUT2D eigenvalue weighted by atomic mass is 32.2. The monoisotopic (exact) mass is 348 g/mol. The number of fused-ring (bicyclic) bond motifs is 1. The molecule has 0 spiro atoms. The van der Waals surface area contributed by atoms with Gasteiger partial charge in [0.15, 0.2) is 0 Å². The highest BCUT2D eigenvalue weighted by Gasteiger charge is 2.52. The van der Waals surface area contributed by atoms with Crippen molar-refractivity contribution in [1.82, 2.24) is 10.2 Å². The van der Waals surface area contributed by atoms with E-state index in [9.17, 15) is 9.59 Å². The Morgan fingerprint density at radius 1 is 1.42 bits per heavy atom. The molecule has 2 fully saturated rings. The molecule has 2 aliphatic heterocycles. The molecule has 0 aliphatic carbocycles. The quantitative estimate of drug-likeness (QED) is 0.829. The molecule has 1 aromatic rings. The number of carbonyl (C=O) groups excluding carboxylic acids is 2. The van der Waals surface area contributed by atoms with Crippen molar-refractivity contribution in [2.45, 2.75) is 44.5 Å². The van der Waals surface area contributed by atoms with Gasteiger partial charge in [0.2, 0.25) is 11.8 Å². The fourth-order valence-electron chi connectivity index (χ4n) is 3.49. The van der Waals surface area contributed by atoms with Crippen LogP contribution in [-0.2, 0) is 9.59 Å². The zero-order valence-electron chi connectivity index (χ0n) is 14.4. The molecule has 0 unspecified atom stereocenters. The minimum Gasteiger partial charge on any atom is -0.491 e. The third kappa shape index (κ3) is 3.11. The molecular formula is C18H24N2O3S. The number of amides is 2. The maximum atomic E-state index is 12.4. The molecule has 5 nitrogen and oxygen atoms in total. The van der Waals surface area contributed by atoms with Crippen molar-refractivity contribution in [3.63, 3.8) is 0 Å². The Labute approximate surface area is 147 Å². The van der Waals surface area contributed by atoms with E-state index in [1.165, 1.54) is 0 Å². The van der Waals surface area contributed by atoms with Crippen LogP contribution in [0.3, 0.4) is 0 Å². The Bertz CT molecular complexity index is 643. The molecular weight excluding hydrogens is 324 g/mol. The van der Waals surface area contributed by atoms with Crippen LogP contribution in [0.5, 0.6) is 5.75 Å². The van der Waals surface area contributed by atoms with Gasteiger partial charge in [-0.2, -0.15) is 0 Å². The molecule has 2 heterocycles. The molecule has 2 atom stereocenters. The standard InChI is InChI=1S/C18H24N2O3S/c1-12-5-4-6-13(2)16(12)23-10-9-19-17(22)14-11-24-18(3)8-7-15(21)20(14)18/h4-6,14H,7-11H2,1-3H3,(H,19,22)/t14-,18-/m0/s1. The first kappa shape index (κ1) is 17.1. The molecule has 1 N–H and O–H groups in total. The van der Waals surface area contributed by atoms with Crippen LogP contribution in [0, 0.1) is 13.8 Å². The summed E-state index contributed by atoms with van der Waals surface area (Å²) in [7, 11) is 0. The SMILES string of the molecule is Cc1cccc(C)c1OCCNC(=O)[C@@H]1CS[C@@]2(C)CCC(=O)N12. The van der Waals surface area contributed by atoms with Crippen LogP contribution in [0.15, 0.2) is 18.2 Å². The van der Waals surface area contributed by atoms with Crippen molar-refractivity contribution < 1.29 is 14.3 Å². The molecule has 0 radical (unpaired) electrons. The van der Waals surface area contributed by atoms with Gasteiger partial charge in [0.1, 0.15) is 18.4 Å². The van der Waals surface area contributed by atoms with Crippen LogP contribution in [0.25, 0.3) is 0 Å². The molecule has 24 heavy (non-hydrogen) atoms. The van der Waals surface area contributed by atoms with Gasteiger partial charge in [0, 0.05) is 12.2 Å². The summed E-state index contributed by atoms with van der Waals surface area (Å²) >= 11 is 1.71. The number of ether oxygens (including phenoxy) is 1. The van der Waals surface area contributed by atoms with E-state index in [-0.39, 0.29) is 22.7 Å². The topological polar surface area (TPSA) is 58.6 Å². The van der Waals surface area contributed by atoms with Crippen molar-refractivity contribution in [3.8, 4) is 5.75 Å². The highest BCUT2D eigenvalue weighted by molar-refractivity contribution is 8.01. The van der Waals surface area contributed by atoms with Crippen LogP contribution < -0.4 is 10.1 Å². The van der Waals surface area contributed by atoms with E-state index >= 15 is 0 Å². The molecule has 2 amide bonds. The molecule has 2 aliphatic rings. The number of aryl methyl sites for hydroxylation is 2. The Morgan fingerprint density at radius 2 is 2.12 bits per heavy atom. The van der Waals surface area contributed by atoms with Crippen LogP contribution in [0.4, 0.5) is 0 Å². The number of carbonyl (C=O) groups is 2. The number of para-hydroxylation sites is 1. The molecule has 3 rings (SSSR count). The van der Waals surface area contributed by atoms with Gasteiger partial charge in [-0.25, -0.2) is 0 Å². The summed E-state index contributed by atoms with van der Waals surface area (Å²) in [6.45, 7) is 6.93. The van der Waals surface area contributed by atoms with E-state index in [1.807, 2.05) is 32.0 Å². The fraction of sp³-hybridized carbons (Fsp3) is 0.556. The van der Waals surface area contributed by atoms with Gasteiger partial charge < -0.3 is 15.0 Å². The van der Waals surface area contributed by atoms with Gasteiger partial charge in [0.05, 0.1) is 11.4 Å². The Morgan fingerprint density at radius 3 is 2.83 bits per heavy atom. The maximum absolute atomic E-state index is 12.4. The number of nitrogens with one attached hydrogen (secondary N) is 1. The Kier molecular flexibility index (Phi) is 4.76. The van der Waals surface area contributed by atoms with E-state index in [0.29, 0.717) is 25.3 Å². The Hall–Kier alpha value is -1.69.